The molecule has 2 heterocycles. The lowest BCUT2D eigenvalue weighted by Gasteiger charge is -2.45. The molecule has 0 aliphatic carbocycles. The van der Waals surface area contributed by atoms with E-state index in [-0.39, 0.29) is 0 Å². The van der Waals surface area contributed by atoms with Gasteiger partial charge in [0.05, 0.1) is 11.1 Å². The zero-order chi connectivity index (χ0) is 33.1. The summed E-state index contributed by atoms with van der Waals surface area (Å²) in [5.41, 5.74) is 10.1. The third-order valence-electron chi connectivity index (χ3n) is 10.2. The van der Waals surface area contributed by atoms with Gasteiger partial charge in [0.15, 0.2) is 0 Å². The van der Waals surface area contributed by atoms with Crippen LogP contribution in [0.4, 0.5) is 17.1 Å². The zero-order valence-electron chi connectivity index (χ0n) is 27.2. The second-order valence-corrected chi connectivity index (χ2v) is 14.0. The molecule has 0 radical (unpaired) electrons. The fraction of sp³-hybridized carbons (Fsp3) is 0.0213. The van der Waals surface area contributed by atoms with Crippen molar-refractivity contribution in [3.05, 3.63) is 210 Å². The average molecular weight is 658 g/mol. The molecule has 2 aliphatic heterocycles. The van der Waals surface area contributed by atoms with E-state index < -0.39 is 5.41 Å². The first-order chi connectivity index (χ1) is 24.8. The summed E-state index contributed by atoms with van der Waals surface area (Å²) in [4.78, 5) is 4.91. The molecule has 0 saturated heterocycles. The van der Waals surface area contributed by atoms with Crippen LogP contribution in [0.15, 0.2) is 198 Å². The fourth-order valence-corrected chi connectivity index (χ4v) is 9.24. The molecule has 0 N–H and O–H groups in total. The summed E-state index contributed by atoms with van der Waals surface area (Å²) in [7, 11) is 0. The second kappa shape index (κ2) is 11.5. The van der Waals surface area contributed by atoms with Crippen LogP contribution in [0.5, 0.6) is 11.5 Å². The van der Waals surface area contributed by atoms with Crippen molar-refractivity contribution in [2.75, 3.05) is 4.90 Å². The minimum Gasteiger partial charge on any atom is -0.457 e. The number of hydrogen-bond acceptors (Lipinski definition) is 3. The molecule has 0 bridgehead atoms. The van der Waals surface area contributed by atoms with Gasteiger partial charge in [0.2, 0.25) is 0 Å². The maximum atomic E-state index is 6.58. The number of benzene rings is 8. The number of hydrogen-bond donors (Lipinski definition) is 0. The molecule has 0 atom stereocenters. The first kappa shape index (κ1) is 28.9. The Morgan fingerprint density at radius 3 is 1.78 bits per heavy atom. The summed E-state index contributed by atoms with van der Waals surface area (Å²) < 4.78 is 6.58. The predicted molar refractivity (Wildman–Crippen MR) is 207 cm³/mol. The van der Waals surface area contributed by atoms with Gasteiger partial charge in [-0.05, 0) is 76.2 Å². The fourth-order valence-electron chi connectivity index (χ4n) is 8.01. The van der Waals surface area contributed by atoms with Gasteiger partial charge in [-0.2, -0.15) is 0 Å². The molecule has 3 heteroatoms. The van der Waals surface area contributed by atoms with Crippen LogP contribution in [0.2, 0.25) is 0 Å². The monoisotopic (exact) mass is 657 g/mol. The lowest BCUT2D eigenvalue weighted by molar-refractivity contribution is 0.431. The Labute approximate surface area is 296 Å². The van der Waals surface area contributed by atoms with Crippen molar-refractivity contribution in [2.45, 2.75) is 15.2 Å². The SMILES string of the molecule is c1ccc(-c2ccc(N(c3ccc4c(c3)Sc3ccccc3C43c4ccccc4Oc4ccccc43)c3cccc4ccccc34)cc2)cc1. The van der Waals surface area contributed by atoms with Gasteiger partial charge in [-0.1, -0.05) is 151 Å². The second-order valence-electron chi connectivity index (χ2n) is 12.9. The number of para-hydroxylation sites is 2. The Bertz CT molecular complexity index is 2490. The van der Waals surface area contributed by atoms with Gasteiger partial charge in [0.25, 0.3) is 0 Å². The lowest BCUT2D eigenvalue weighted by Crippen LogP contribution is -2.36. The molecule has 2 nitrogen and oxygen atoms in total. The van der Waals surface area contributed by atoms with Crippen LogP contribution in [-0.2, 0) is 5.41 Å². The van der Waals surface area contributed by atoms with E-state index in [2.05, 4.69) is 193 Å². The maximum Gasteiger partial charge on any atom is 0.132 e. The number of nitrogens with zero attached hydrogens (tertiary/aromatic N) is 1. The number of fused-ring (bicyclic) bond motifs is 9. The molecule has 0 aromatic heterocycles. The zero-order valence-corrected chi connectivity index (χ0v) is 28.0. The molecule has 0 saturated carbocycles. The first-order valence-corrected chi connectivity index (χ1v) is 17.8. The molecule has 8 aromatic rings. The molecule has 10 rings (SSSR count). The Balaban J connectivity index is 1.21. The highest BCUT2D eigenvalue weighted by Gasteiger charge is 2.49. The first-order valence-electron chi connectivity index (χ1n) is 17.0. The van der Waals surface area contributed by atoms with Gasteiger partial charge in [-0.25, -0.2) is 0 Å². The third kappa shape index (κ3) is 4.37. The molecule has 50 heavy (non-hydrogen) atoms. The largest absolute Gasteiger partial charge is 0.457 e. The number of ether oxygens (including phenoxy) is 1. The molecule has 236 valence electrons. The molecule has 0 fully saturated rings. The van der Waals surface area contributed by atoms with Crippen molar-refractivity contribution >= 4 is 39.6 Å². The summed E-state index contributed by atoms with van der Waals surface area (Å²) >= 11 is 1.86. The van der Waals surface area contributed by atoms with Crippen molar-refractivity contribution in [3.8, 4) is 22.6 Å². The third-order valence-corrected chi connectivity index (χ3v) is 11.3. The summed E-state index contributed by atoms with van der Waals surface area (Å²) in [5.74, 6) is 1.80. The van der Waals surface area contributed by atoms with Crippen LogP contribution in [0, 0.1) is 0 Å². The van der Waals surface area contributed by atoms with Crippen LogP contribution in [0.3, 0.4) is 0 Å². The van der Waals surface area contributed by atoms with Crippen molar-refractivity contribution in [2.24, 2.45) is 0 Å². The molecule has 0 amide bonds. The molecular weight excluding hydrogens is 627 g/mol. The Morgan fingerprint density at radius 2 is 1.00 bits per heavy atom. The van der Waals surface area contributed by atoms with Gasteiger partial charge < -0.3 is 9.64 Å². The van der Waals surface area contributed by atoms with Crippen molar-refractivity contribution in [3.63, 3.8) is 0 Å². The molecule has 0 unspecified atom stereocenters. The molecule has 2 aliphatic rings. The van der Waals surface area contributed by atoms with E-state index in [0.717, 1.165) is 28.6 Å². The van der Waals surface area contributed by atoms with Gasteiger partial charge >= 0.3 is 0 Å². The van der Waals surface area contributed by atoms with Crippen LogP contribution in [0.25, 0.3) is 21.9 Å². The molecule has 1 spiro atoms. The normalized spacial score (nSPS) is 13.4. The van der Waals surface area contributed by atoms with Gasteiger partial charge in [0, 0.05) is 37.7 Å². The standard InChI is InChI=1S/C47H31NOS/c1-2-13-32(14-3-1)33-25-27-35(28-26-33)48(42-21-12-16-34-15-4-5-17-37(34)42)36-29-30-41-46(31-36)50-45-24-11-8-20-40(45)47(41)38-18-6-9-22-43(38)49-44-23-10-7-19-39(44)47/h1-31H. The van der Waals surface area contributed by atoms with Crippen LogP contribution < -0.4 is 9.64 Å². The van der Waals surface area contributed by atoms with E-state index in [9.17, 15) is 0 Å². The van der Waals surface area contributed by atoms with E-state index in [1.54, 1.807) is 0 Å². The van der Waals surface area contributed by atoms with Gasteiger partial charge in [-0.3, -0.25) is 0 Å². The van der Waals surface area contributed by atoms with Gasteiger partial charge in [0.1, 0.15) is 11.5 Å². The smallest absolute Gasteiger partial charge is 0.132 e. The highest BCUT2D eigenvalue weighted by Crippen LogP contribution is 2.62. The summed E-state index contributed by atoms with van der Waals surface area (Å²) in [5, 5.41) is 2.42. The van der Waals surface area contributed by atoms with Crippen LogP contribution in [0.1, 0.15) is 22.3 Å². The lowest BCUT2D eigenvalue weighted by atomic mass is 9.63. The average Bonchev–Trinajstić information content (AvgIpc) is 3.18. The van der Waals surface area contributed by atoms with E-state index in [0.29, 0.717) is 0 Å². The summed E-state index contributed by atoms with van der Waals surface area (Å²) in [6.45, 7) is 0. The van der Waals surface area contributed by atoms with E-state index in [1.807, 2.05) is 11.8 Å². The molecule has 8 aromatic carbocycles. The Kier molecular flexibility index (Phi) is 6.68. The quantitative estimate of drug-likeness (QED) is 0.187. The number of rotatable bonds is 4. The topological polar surface area (TPSA) is 12.5 Å². The molecular formula is C47H31NOS. The van der Waals surface area contributed by atoms with Crippen molar-refractivity contribution in [1.29, 1.82) is 0 Å². The Hall–Kier alpha value is -6.03. The number of anilines is 3. The minimum atomic E-state index is -0.525. The summed E-state index contributed by atoms with van der Waals surface area (Å²) in [6, 6.07) is 67.9. The highest BCUT2D eigenvalue weighted by molar-refractivity contribution is 7.99. The van der Waals surface area contributed by atoms with Crippen LogP contribution in [-0.4, -0.2) is 0 Å². The Morgan fingerprint density at radius 1 is 0.420 bits per heavy atom. The van der Waals surface area contributed by atoms with E-state index in [1.165, 1.54) is 53.9 Å². The minimum absolute atomic E-state index is 0.525. The predicted octanol–water partition coefficient (Wildman–Crippen LogP) is 12.9. The highest BCUT2D eigenvalue weighted by atomic mass is 32.2. The van der Waals surface area contributed by atoms with Gasteiger partial charge in [-0.15, -0.1) is 0 Å². The summed E-state index contributed by atoms with van der Waals surface area (Å²) in [6.07, 6.45) is 0. The maximum absolute atomic E-state index is 6.58. The van der Waals surface area contributed by atoms with Crippen molar-refractivity contribution in [1.82, 2.24) is 0 Å². The van der Waals surface area contributed by atoms with Crippen LogP contribution >= 0.6 is 11.8 Å². The van der Waals surface area contributed by atoms with E-state index >= 15 is 0 Å². The van der Waals surface area contributed by atoms with Crippen molar-refractivity contribution < 1.29 is 4.74 Å². The van der Waals surface area contributed by atoms with E-state index in [4.69, 9.17) is 4.74 Å².